The maximum absolute atomic E-state index is 5.61. The molecule has 2 rings (SSSR count). The average Bonchev–Trinajstić information content (AvgIpc) is 2.81. The number of hydrogen-bond donors (Lipinski definition) is 1. The molecule has 18 heavy (non-hydrogen) atoms. The lowest BCUT2D eigenvalue weighted by Gasteiger charge is -2.09. The summed E-state index contributed by atoms with van der Waals surface area (Å²) in [5.41, 5.74) is 3.67. The van der Waals surface area contributed by atoms with Gasteiger partial charge in [0, 0.05) is 17.5 Å². The van der Waals surface area contributed by atoms with Crippen molar-refractivity contribution in [2.45, 2.75) is 46.1 Å². The zero-order valence-electron chi connectivity index (χ0n) is 11.6. The number of nitrogens with one attached hydrogen (secondary N) is 1. The molecule has 2 aromatic rings. The molecule has 0 aliphatic rings. The molecule has 0 fully saturated rings. The van der Waals surface area contributed by atoms with E-state index in [2.05, 4.69) is 44.3 Å². The summed E-state index contributed by atoms with van der Waals surface area (Å²) in [6, 6.07) is 6.57. The van der Waals surface area contributed by atoms with Gasteiger partial charge in [-0.1, -0.05) is 26.8 Å². The minimum Gasteiger partial charge on any atom is -0.464 e. The molecule has 1 aromatic carbocycles. The zero-order chi connectivity index (χ0) is 13.0. The van der Waals surface area contributed by atoms with Gasteiger partial charge in [-0.2, -0.15) is 0 Å². The van der Waals surface area contributed by atoms with Gasteiger partial charge in [0.15, 0.2) is 0 Å². The largest absolute Gasteiger partial charge is 0.464 e. The van der Waals surface area contributed by atoms with Crippen LogP contribution in [0.5, 0.6) is 0 Å². The molecule has 0 radical (unpaired) electrons. The summed E-state index contributed by atoms with van der Waals surface area (Å²) in [5, 5.41) is 4.69. The smallest absolute Gasteiger partial charge is 0.134 e. The molecular weight excluding hydrogens is 222 g/mol. The van der Waals surface area contributed by atoms with Crippen LogP contribution in [0.2, 0.25) is 0 Å². The summed E-state index contributed by atoms with van der Waals surface area (Å²) in [6.45, 7) is 8.63. The van der Waals surface area contributed by atoms with Gasteiger partial charge in [0.2, 0.25) is 0 Å². The quantitative estimate of drug-likeness (QED) is 0.761. The van der Waals surface area contributed by atoms with Gasteiger partial charge < -0.3 is 9.73 Å². The number of furan rings is 1. The Kier molecular flexibility index (Phi) is 4.43. The molecule has 1 N–H and O–H groups in total. The fourth-order valence-corrected chi connectivity index (χ4v) is 2.18. The summed E-state index contributed by atoms with van der Waals surface area (Å²) in [4.78, 5) is 0. The zero-order valence-corrected chi connectivity index (χ0v) is 11.6. The summed E-state index contributed by atoms with van der Waals surface area (Å²) in [5.74, 6) is 0.612. The van der Waals surface area contributed by atoms with E-state index < -0.39 is 0 Å². The van der Waals surface area contributed by atoms with E-state index in [1.54, 1.807) is 0 Å². The predicted octanol–water partition coefficient (Wildman–Crippen LogP) is 4.45. The Balaban J connectivity index is 2.25. The first-order valence-corrected chi connectivity index (χ1v) is 6.97. The lowest BCUT2D eigenvalue weighted by Crippen LogP contribution is -2.13. The van der Waals surface area contributed by atoms with Gasteiger partial charge in [0.25, 0.3) is 0 Å². The minimum atomic E-state index is 0.612. The molecule has 2 nitrogen and oxygen atoms in total. The summed E-state index contributed by atoms with van der Waals surface area (Å²) >= 11 is 0. The number of fused-ring (bicyclic) bond motifs is 1. The average molecular weight is 245 g/mol. The predicted molar refractivity (Wildman–Crippen MR) is 76.9 cm³/mol. The second-order valence-electron chi connectivity index (χ2n) is 5.00. The van der Waals surface area contributed by atoms with Crippen LogP contribution >= 0.6 is 0 Å². The second-order valence-corrected chi connectivity index (χ2v) is 5.00. The highest BCUT2D eigenvalue weighted by Crippen LogP contribution is 2.27. The van der Waals surface area contributed by atoms with Crippen molar-refractivity contribution in [1.82, 2.24) is 5.32 Å². The molecule has 1 unspecified atom stereocenters. The first-order valence-electron chi connectivity index (χ1n) is 6.97. The Morgan fingerprint density at radius 1 is 1.28 bits per heavy atom. The molecule has 1 heterocycles. The summed E-state index contributed by atoms with van der Waals surface area (Å²) in [6.07, 6.45) is 4.22. The van der Waals surface area contributed by atoms with Crippen LogP contribution in [-0.4, -0.2) is 6.54 Å². The first-order chi connectivity index (χ1) is 8.76. The molecule has 98 valence electrons. The Bertz CT molecular complexity index is 501. The third-order valence-corrected chi connectivity index (χ3v) is 3.60. The molecule has 0 aliphatic carbocycles. The Morgan fingerprint density at radius 3 is 2.83 bits per heavy atom. The maximum atomic E-state index is 5.61. The lowest BCUT2D eigenvalue weighted by atomic mass is 9.97. The van der Waals surface area contributed by atoms with Crippen LogP contribution in [-0.2, 0) is 6.54 Å². The van der Waals surface area contributed by atoms with Crippen molar-refractivity contribution in [3.05, 3.63) is 35.6 Å². The fraction of sp³-hybridized carbons (Fsp3) is 0.500. The summed E-state index contributed by atoms with van der Waals surface area (Å²) in [7, 11) is 0. The van der Waals surface area contributed by atoms with E-state index in [0.717, 1.165) is 25.1 Å². The van der Waals surface area contributed by atoms with Crippen molar-refractivity contribution >= 4 is 11.0 Å². The Hall–Kier alpha value is -1.28. The van der Waals surface area contributed by atoms with Crippen LogP contribution in [0, 0.1) is 0 Å². The van der Waals surface area contributed by atoms with Gasteiger partial charge in [-0.25, -0.2) is 0 Å². The highest BCUT2D eigenvalue weighted by molar-refractivity contribution is 5.81. The number of rotatable bonds is 6. The molecule has 0 saturated heterocycles. The fourth-order valence-electron chi connectivity index (χ4n) is 2.18. The van der Waals surface area contributed by atoms with Crippen molar-refractivity contribution in [2.24, 2.45) is 0 Å². The molecule has 1 aromatic heterocycles. The van der Waals surface area contributed by atoms with Crippen LogP contribution in [0.3, 0.4) is 0 Å². The van der Waals surface area contributed by atoms with Gasteiger partial charge in [-0.3, -0.25) is 0 Å². The van der Waals surface area contributed by atoms with Gasteiger partial charge in [0.05, 0.1) is 6.26 Å². The molecular formula is C16H23NO. The topological polar surface area (TPSA) is 25.2 Å². The van der Waals surface area contributed by atoms with E-state index in [0.29, 0.717) is 5.92 Å². The SMILES string of the molecule is CCCNCc1coc2ccc(C(C)CC)cc12. The Labute approximate surface area is 109 Å². The number of benzene rings is 1. The van der Waals surface area contributed by atoms with E-state index in [9.17, 15) is 0 Å². The van der Waals surface area contributed by atoms with Crippen LogP contribution in [0.15, 0.2) is 28.9 Å². The summed E-state index contributed by atoms with van der Waals surface area (Å²) < 4.78 is 5.61. The maximum Gasteiger partial charge on any atom is 0.134 e. The highest BCUT2D eigenvalue weighted by Gasteiger charge is 2.09. The molecule has 2 heteroatoms. The van der Waals surface area contributed by atoms with Crippen molar-refractivity contribution in [3.63, 3.8) is 0 Å². The van der Waals surface area contributed by atoms with E-state index in [-0.39, 0.29) is 0 Å². The molecule has 0 spiro atoms. The molecule has 0 bridgehead atoms. The van der Waals surface area contributed by atoms with Crippen molar-refractivity contribution in [3.8, 4) is 0 Å². The van der Waals surface area contributed by atoms with Crippen LogP contribution in [0.1, 0.15) is 50.7 Å². The number of hydrogen-bond acceptors (Lipinski definition) is 2. The molecule has 0 amide bonds. The van der Waals surface area contributed by atoms with E-state index in [4.69, 9.17) is 4.42 Å². The second kappa shape index (κ2) is 6.05. The van der Waals surface area contributed by atoms with E-state index in [1.165, 1.54) is 22.9 Å². The van der Waals surface area contributed by atoms with Gasteiger partial charge in [-0.05, 0) is 43.0 Å². The van der Waals surface area contributed by atoms with Crippen LogP contribution in [0.25, 0.3) is 11.0 Å². The Morgan fingerprint density at radius 2 is 2.11 bits per heavy atom. The van der Waals surface area contributed by atoms with Crippen molar-refractivity contribution in [2.75, 3.05) is 6.54 Å². The molecule has 0 aliphatic heterocycles. The van der Waals surface area contributed by atoms with Gasteiger partial charge in [-0.15, -0.1) is 0 Å². The van der Waals surface area contributed by atoms with E-state index in [1.807, 2.05) is 6.26 Å². The van der Waals surface area contributed by atoms with Gasteiger partial charge in [0.1, 0.15) is 5.58 Å². The first kappa shape index (κ1) is 13.2. The normalized spacial score (nSPS) is 13.1. The van der Waals surface area contributed by atoms with Crippen LogP contribution < -0.4 is 5.32 Å². The standard InChI is InChI=1S/C16H23NO/c1-4-8-17-10-14-11-18-16-7-6-13(9-15(14)16)12(3)5-2/h6-7,9,11-12,17H,4-5,8,10H2,1-3H3. The highest BCUT2D eigenvalue weighted by atomic mass is 16.3. The monoisotopic (exact) mass is 245 g/mol. The van der Waals surface area contributed by atoms with Gasteiger partial charge >= 0.3 is 0 Å². The van der Waals surface area contributed by atoms with Crippen LogP contribution in [0.4, 0.5) is 0 Å². The van der Waals surface area contributed by atoms with E-state index >= 15 is 0 Å². The molecule has 0 saturated carbocycles. The lowest BCUT2D eigenvalue weighted by molar-refractivity contribution is 0.601. The third-order valence-electron chi connectivity index (χ3n) is 3.60. The third kappa shape index (κ3) is 2.75. The minimum absolute atomic E-state index is 0.612. The molecule has 1 atom stereocenters. The van der Waals surface area contributed by atoms with Crippen molar-refractivity contribution in [1.29, 1.82) is 0 Å². The van der Waals surface area contributed by atoms with Crippen molar-refractivity contribution < 1.29 is 4.42 Å².